The first-order valence-corrected chi connectivity index (χ1v) is 6.64. The van der Waals surface area contributed by atoms with Crippen LogP contribution in [0.5, 0.6) is 5.75 Å². The Labute approximate surface area is 117 Å². The third-order valence-corrected chi connectivity index (χ3v) is 3.09. The minimum atomic E-state index is -0.958. The van der Waals surface area contributed by atoms with Crippen molar-refractivity contribution in [1.82, 2.24) is 0 Å². The Morgan fingerprint density at radius 2 is 1.95 bits per heavy atom. The van der Waals surface area contributed by atoms with Crippen LogP contribution >= 0.6 is 0 Å². The van der Waals surface area contributed by atoms with Gasteiger partial charge in [0.25, 0.3) is 0 Å². The molecule has 1 aliphatic heterocycles. The highest BCUT2D eigenvalue weighted by atomic mass is 19.2. The lowest BCUT2D eigenvalue weighted by Crippen LogP contribution is -2.30. The number of ether oxygens (including phenoxy) is 3. The lowest BCUT2D eigenvalue weighted by Gasteiger charge is -2.28. The van der Waals surface area contributed by atoms with E-state index in [4.69, 9.17) is 14.2 Å². The van der Waals surface area contributed by atoms with Gasteiger partial charge in [-0.25, -0.2) is 4.39 Å². The molecule has 0 aromatic heterocycles. The van der Waals surface area contributed by atoms with Gasteiger partial charge in [0, 0.05) is 5.92 Å². The van der Waals surface area contributed by atoms with Gasteiger partial charge in [0.1, 0.15) is 0 Å². The summed E-state index contributed by atoms with van der Waals surface area (Å²) in [5, 5.41) is 0. The summed E-state index contributed by atoms with van der Waals surface area (Å²) in [6.07, 6.45) is 3.18. The van der Waals surface area contributed by atoms with E-state index < -0.39 is 17.9 Å². The molecule has 2 rings (SSSR count). The van der Waals surface area contributed by atoms with Crippen molar-refractivity contribution in [3.8, 4) is 5.75 Å². The molecule has 0 N–H and O–H groups in total. The largest absolute Gasteiger partial charge is 0.491 e. The molecule has 0 bridgehead atoms. The van der Waals surface area contributed by atoms with Gasteiger partial charge in [-0.2, -0.15) is 4.39 Å². The number of benzene rings is 1. The average Bonchev–Trinajstić information content (AvgIpc) is 2.46. The van der Waals surface area contributed by atoms with Gasteiger partial charge in [-0.3, -0.25) is 0 Å². The second-order valence-corrected chi connectivity index (χ2v) is 4.47. The molecule has 3 nitrogen and oxygen atoms in total. The maximum atomic E-state index is 14.0. The maximum absolute atomic E-state index is 14.0. The van der Waals surface area contributed by atoms with Crippen molar-refractivity contribution in [3.05, 3.63) is 41.5 Å². The molecule has 110 valence electrons. The second kappa shape index (κ2) is 6.81. The first-order chi connectivity index (χ1) is 9.67. The average molecular weight is 284 g/mol. The fourth-order valence-electron chi connectivity index (χ4n) is 2.09. The zero-order valence-electron chi connectivity index (χ0n) is 11.6. The molecule has 20 heavy (non-hydrogen) atoms. The molecule has 1 aromatic carbocycles. The predicted octanol–water partition coefficient (Wildman–Crippen LogP) is 3.40. The fraction of sp³-hybridized carbons (Fsp3) is 0.467. The third kappa shape index (κ3) is 3.16. The van der Waals surface area contributed by atoms with Crippen LogP contribution in [-0.4, -0.2) is 26.1 Å². The van der Waals surface area contributed by atoms with Gasteiger partial charge in [-0.1, -0.05) is 12.1 Å². The van der Waals surface area contributed by atoms with Crippen LogP contribution in [0.2, 0.25) is 0 Å². The van der Waals surface area contributed by atoms with Crippen LogP contribution in [0.3, 0.4) is 0 Å². The highest BCUT2D eigenvalue weighted by Crippen LogP contribution is 2.30. The molecular formula is C15H18F2O3. The van der Waals surface area contributed by atoms with Gasteiger partial charge < -0.3 is 14.2 Å². The molecule has 1 saturated heterocycles. The summed E-state index contributed by atoms with van der Waals surface area (Å²) in [4.78, 5) is 0. The van der Waals surface area contributed by atoms with Gasteiger partial charge >= 0.3 is 0 Å². The Morgan fingerprint density at radius 3 is 2.55 bits per heavy atom. The zero-order valence-corrected chi connectivity index (χ0v) is 11.6. The van der Waals surface area contributed by atoms with E-state index in [1.54, 1.807) is 13.0 Å². The minimum absolute atomic E-state index is 0.0711. The van der Waals surface area contributed by atoms with E-state index in [1.165, 1.54) is 12.1 Å². The molecule has 0 amide bonds. The molecule has 1 aliphatic rings. The topological polar surface area (TPSA) is 27.7 Å². The van der Waals surface area contributed by atoms with E-state index in [0.717, 1.165) is 0 Å². The SMILES string of the molecule is CC=CC1OCC(c2ccc(OCC)c(F)c2F)CO1. The van der Waals surface area contributed by atoms with Crippen molar-refractivity contribution in [2.24, 2.45) is 0 Å². The molecule has 0 unspecified atom stereocenters. The van der Waals surface area contributed by atoms with E-state index in [2.05, 4.69) is 0 Å². The van der Waals surface area contributed by atoms with Crippen LogP contribution < -0.4 is 4.74 Å². The first kappa shape index (κ1) is 14.9. The van der Waals surface area contributed by atoms with Gasteiger partial charge in [-0.15, -0.1) is 0 Å². The van der Waals surface area contributed by atoms with E-state index >= 15 is 0 Å². The molecule has 1 fully saturated rings. The smallest absolute Gasteiger partial charge is 0.200 e. The van der Waals surface area contributed by atoms with Crippen LogP contribution in [0.25, 0.3) is 0 Å². The van der Waals surface area contributed by atoms with E-state index in [-0.39, 0.29) is 23.8 Å². The summed E-state index contributed by atoms with van der Waals surface area (Å²) in [5.74, 6) is -2.24. The van der Waals surface area contributed by atoms with Crippen LogP contribution in [-0.2, 0) is 9.47 Å². The number of hydrogen-bond acceptors (Lipinski definition) is 3. The molecule has 0 atom stereocenters. The summed E-state index contributed by atoms with van der Waals surface area (Å²) in [5.41, 5.74) is 0.255. The molecule has 5 heteroatoms. The van der Waals surface area contributed by atoms with E-state index in [1.807, 2.05) is 13.0 Å². The monoisotopic (exact) mass is 284 g/mol. The lowest BCUT2D eigenvalue weighted by molar-refractivity contribution is -0.159. The lowest BCUT2D eigenvalue weighted by atomic mass is 9.99. The molecule has 1 aromatic rings. The number of rotatable bonds is 4. The first-order valence-electron chi connectivity index (χ1n) is 6.64. The Balaban J connectivity index is 2.12. The normalized spacial score (nSPS) is 23.2. The minimum Gasteiger partial charge on any atom is -0.491 e. The van der Waals surface area contributed by atoms with Crippen LogP contribution in [0.15, 0.2) is 24.3 Å². The van der Waals surface area contributed by atoms with Crippen LogP contribution in [0.1, 0.15) is 25.3 Å². The highest BCUT2D eigenvalue weighted by molar-refractivity contribution is 5.33. The highest BCUT2D eigenvalue weighted by Gasteiger charge is 2.26. The molecule has 0 aliphatic carbocycles. The quantitative estimate of drug-likeness (QED) is 0.793. The zero-order chi connectivity index (χ0) is 14.5. The van der Waals surface area contributed by atoms with Crippen molar-refractivity contribution in [2.75, 3.05) is 19.8 Å². The summed E-state index contributed by atoms with van der Waals surface area (Å²) < 4.78 is 43.7. The summed E-state index contributed by atoms with van der Waals surface area (Å²) in [7, 11) is 0. The van der Waals surface area contributed by atoms with Crippen molar-refractivity contribution in [3.63, 3.8) is 0 Å². The predicted molar refractivity (Wildman–Crippen MR) is 70.8 cm³/mol. The van der Waals surface area contributed by atoms with Crippen molar-refractivity contribution < 1.29 is 23.0 Å². The standard InChI is InChI=1S/C15H18F2O3/c1-3-5-13-19-8-10(9-20-13)11-6-7-12(18-4-2)15(17)14(11)16/h3,5-7,10,13H,4,8-9H2,1-2H3. The molecule has 0 spiro atoms. The Morgan fingerprint density at radius 1 is 1.25 bits per heavy atom. The third-order valence-electron chi connectivity index (χ3n) is 3.09. The molecule has 0 saturated carbocycles. The summed E-state index contributed by atoms with van der Waals surface area (Å²) in [6.45, 7) is 4.45. The second-order valence-electron chi connectivity index (χ2n) is 4.47. The summed E-state index contributed by atoms with van der Waals surface area (Å²) >= 11 is 0. The summed E-state index contributed by atoms with van der Waals surface area (Å²) in [6, 6.07) is 2.96. The molecular weight excluding hydrogens is 266 g/mol. The maximum Gasteiger partial charge on any atom is 0.200 e. The number of allylic oxidation sites excluding steroid dienone is 1. The Hall–Kier alpha value is -1.46. The van der Waals surface area contributed by atoms with Crippen molar-refractivity contribution >= 4 is 0 Å². The fourth-order valence-corrected chi connectivity index (χ4v) is 2.09. The van der Waals surface area contributed by atoms with Crippen molar-refractivity contribution in [2.45, 2.75) is 26.1 Å². The van der Waals surface area contributed by atoms with E-state index in [9.17, 15) is 8.78 Å². The van der Waals surface area contributed by atoms with Gasteiger partial charge in [0.05, 0.1) is 19.8 Å². The number of halogens is 2. The Bertz CT molecular complexity index is 480. The van der Waals surface area contributed by atoms with Gasteiger partial charge in [0.2, 0.25) is 5.82 Å². The van der Waals surface area contributed by atoms with Crippen LogP contribution in [0.4, 0.5) is 8.78 Å². The van der Waals surface area contributed by atoms with Gasteiger partial charge in [0.15, 0.2) is 17.9 Å². The van der Waals surface area contributed by atoms with E-state index in [0.29, 0.717) is 13.2 Å². The van der Waals surface area contributed by atoms with Crippen LogP contribution in [0, 0.1) is 11.6 Å². The van der Waals surface area contributed by atoms with Gasteiger partial charge in [-0.05, 0) is 31.6 Å². The van der Waals surface area contributed by atoms with Crippen molar-refractivity contribution in [1.29, 1.82) is 0 Å². The molecule has 0 radical (unpaired) electrons. The molecule has 1 heterocycles. The number of hydrogen-bond donors (Lipinski definition) is 0. The Kier molecular flexibility index (Phi) is 5.09.